The first-order valence-corrected chi connectivity index (χ1v) is 6.78. The lowest BCUT2D eigenvalue weighted by molar-refractivity contribution is -0.155. The van der Waals surface area contributed by atoms with E-state index in [9.17, 15) is 9.90 Å². The summed E-state index contributed by atoms with van der Waals surface area (Å²) in [4.78, 5) is 11.9. The molecule has 0 aliphatic rings. The average molecular weight is 264 g/mol. The third-order valence-electron chi connectivity index (χ3n) is 3.67. The summed E-state index contributed by atoms with van der Waals surface area (Å²) < 4.78 is 5.23. The highest BCUT2D eigenvalue weighted by Gasteiger charge is 2.37. The van der Waals surface area contributed by atoms with E-state index >= 15 is 0 Å². The molecule has 0 aliphatic heterocycles. The summed E-state index contributed by atoms with van der Waals surface area (Å²) in [7, 11) is 0. The Bertz CT molecular complexity index is 388. The van der Waals surface area contributed by atoms with E-state index in [1.165, 1.54) is 0 Å². The van der Waals surface area contributed by atoms with Gasteiger partial charge in [-0.2, -0.15) is 0 Å². The van der Waals surface area contributed by atoms with Gasteiger partial charge in [-0.3, -0.25) is 4.79 Å². The van der Waals surface area contributed by atoms with Gasteiger partial charge in [0.1, 0.15) is 6.61 Å². The van der Waals surface area contributed by atoms with Gasteiger partial charge in [0.2, 0.25) is 0 Å². The average Bonchev–Trinajstić information content (AvgIpc) is 2.37. The fourth-order valence-corrected chi connectivity index (χ4v) is 2.10. The van der Waals surface area contributed by atoms with Crippen LogP contribution < -0.4 is 0 Å². The molecule has 0 amide bonds. The highest BCUT2D eigenvalue weighted by Crippen LogP contribution is 2.30. The van der Waals surface area contributed by atoms with E-state index in [1.807, 2.05) is 58.0 Å². The smallest absolute Gasteiger partial charge is 0.309 e. The zero-order valence-corrected chi connectivity index (χ0v) is 12.2. The molecule has 0 heterocycles. The Morgan fingerprint density at radius 2 is 1.68 bits per heavy atom. The summed E-state index contributed by atoms with van der Waals surface area (Å²) in [6.07, 6.45) is 0.0369. The van der Waals surface area contributed by atoms with Crippen LogP contribution in [0.3, 0.4) is 0 Å². The van der Waals surface area contributed by atoms with Gasteiger partial charge in [-0.15, -0.1) is 0 Å². The van der Waals surface area contributed by atoms with Crippen molar-refractivity contribution in [1.82, 2.24) is 0 Å². The maximum atomic E-state index is 11.9. The topological polar surface area (TPSA) is 46.5 Å². The van der Waals surface area contributed by atoms with Gasteiger partial charge < -0.3 is 9.84 Å². The second-order valence-corrected chi connectivity index (χ2v) is 5.62. The second-order valence-electron chi connectivity index (χ2n) is 5.62. The predicted molar refractivity (Wildman–Crippen MR) is 75.5 cm³/mol. The highest BCUT2D eigenvalue weighted by atomic mass is 16.5. The molecule has 1 N–H and O–H groups in total. The maximum Gasteiger partial charge on any atom is 0.309 e. The quantitative estimate of drug-likeness (QED) is 0.803. The van der Waals surface area contributed by atoms with E-state index in [1.54, 1.807) is 0 Å². The SMILES string of the molecule is CC(C)C(O)(CC(=O)OCc1ccccc1)C(C)C. The number of rotatable bonds is 6. The van der Waals surface area contributed by atoms with Crippen molar-refractivity contribution in [3.63, 3.8) is 0 Å². The van der Waals surface area contributed by atoms with Crippen molar-refractivity contribution in [1.29, 1.82) is 0 Å². The third kappa shape index (κ3) is 4.35. The second kappa shape index (κ2) is 6.71. The normalized spacial score (nSPS) is 11.9. The minimum absolute atomic E-state index is 0.0109. The molecule has 0 unspecified atom stereocenters. The Hall–Kier alpha value is -1.35. The zero-order valence-electron chi connectivity index (χ0n) is 12.2. The summed E-state index contributed by atoms with van der Waals surface area (Å²) >= 11 is 0. The van der Waals surface area contributed by atoms with E-state index < -0.39 is 5.60 Å². The first-order chi connectivity index (χ1) is 8.86. The number of carbonyl (C=O) groups excluding carboxylic acids is 1. The Morgan fingerprint density at radius 1 is 1.16 bits per heavy atom. The number of benzene rings is 1. The molecule has 0 saturated heterocycles. The van der Waals surface area contributed by atoms with Gasteiger partial charge in [0.05, 0.1) is 12.0 Å². The fourth-order valence-electron chi connectivity index (χ4n) is 2.10. The zero-order chi connectivity index (χ0) is 14.5. The van der Waals surface area contributed by atoms with E-state index in [0.717, 1.165) is 5.56 Å². The molecule has 1 rings (SSSR count). The summed E-state index contributed by atoms with van der Waals surface area (Å²) in [5, 5.41) is 10.5. The van der Waals surface area contributed by atoms with Crippen LogP contribution in [0.2, 0.25) is 0 Å². The monoisotopic (exact) mass is 264 g/mol. The van der Waals surface area contributed by atoms with E-state index in [-0.39, 0.29) is 30.8 Å². The van der Waals surface area contributed by atoms with Crippen LogP contribution in [0.4, 0.5) is 0 Å². The molecule has 3 nitrogen and oxygen atoms in total. The van der Waals surface area contributed by atoms with Crippen molar-refractivity contribution in [2.75, 3.05) is 0 Å². The number of hydrogen-bond acceptors (Lipinski definition) is 3. The van der Waals surface area contributed by atoms with Crippen LogP contribution in [-0.2, 0) is 16.1 Å². The van der Waals surface area contributed by atoms with E-state index in [0.29, 0.717) is 0 Å². The van der Waals surface area contributed by atoms with Crippen LogP contribution in [0.15, 0.2) is 30.3 Å². The maximum absolute atomic E-state index is 11.9. The molecule has 0 aliphatic carbocycles. The van der Waals surface area contributed by atoms with Crippen molar-refractivity contribution >= 4 is 5.97 Å². The van der Waals surface area contributed by atoms with Gasteiger partial charge in [-0.05, 0) is 17.4 Å². The van der Waals surface area contributed by atoms with Crippen LogP contribution >= 0.6 is 0 Å². The number of hydrogen-bond donors (Lipinski definition) is 1. The van der Waals surface area contributed by atoms with Crippen molar-refractivity contribution < 1.29 is 14.6 Å². The minimum atomic E-state index is -1.01. The lowest BCUT2D eigenvalue weighted by Gasteiger charge is -2.35. The van der Waals surface area contributed by atoms with Crippen LogP contribution in [0.1, 0.15) is 39.7 Å². The van der Waals surface area contributed by atoms with Crippen molar-refractivity contribution in [2.45, 2.75) is 46.3 Å². The minimum Gasteiger partial charge on any atom is -0.461 e. The summed E-state index contributed by atoms with van der Waals surface area (Å²) in [6.45, 7) is 7.94. The van der Waals surface area contributed by atoms with Crippen molar-refractivity contribution in [2.24, 2.45) is 11.8 Å². The first-order valence-electron chi connectivity index (χ1n) is 6.78. The van der Waals surface area contributed by atoms with Crippen LogP contribution in [-0.4, -0.2) is 16.7 Å². The van der Waals surface area contributed by atoms with Gasteiger partial charge in [0.15, 0.2) is 0 Å². The van der Waals surface area contributed by atoms with Gasteiger partial charge in [-0.25, -0.2) is 0 Å². The molecular formula is C16H24O3. The molecule has 1 aromatic carbocycles. The molecule has 0 spiro atoms. The molecule has 0 fully saturated rings. The molecular weight excluding hydrogens is 240 g/mol. The summed E-state index contributed by atoms with van der Waals surface area (Å²) in [5.41, 5.74) is -0.0539. The van der Waals surface area contributed by atoms with E-state index in [2.05, 4.69) is 0 Å². The molecule has 0 radical (unpaired) electrons. The molecule has 19 heavy (non-hydrogen) atoms. The largest absolute Gasteiger partial charge is 0.461 e. The molecule has 3 heteroatoms. The summed E-state index contributed by atoms with van der Waals surface area (Å²) in [5.74, 6) is -0.331. The van der Waals surface area contributed by atoms with Gasteiger partial charge in [0, 0.05) is 0 Å². The molecule has 1 aromatic rings. The third-order valence-corrected chi connectivity index (χ3v) is 3.67. The highest BCUT2D eigenvalue weighted by molar-refractivity contribution is 5.70. The Labute approximate surface area is 115 Å². The Morgan fingerprint density at radius 3 is 2.16 bits per heavy atom. The Kier molecular flexibility index (Phi) is 5.55. The molecule has 106 valence electrons. The van der Waals surface area contributed by atoms with Crippen molar-refractivity contribution in [3.05, 3.63) is 35.9 Å². The van der Waals surface area contributed by atoms with Crippen LogP contribution in [0.25, 0.3) is 0 Å². The van der Waals surface area contributed by atoms with Gasteiger partial charge in [-0.1, -0.05) is 58.0 Å². The van der Waals surface area contributed by atoms with Crippen LogP contribution in [0.5, 0.6) is 0 Å². The lowest BCUT2D eigenvalue weighted by atomic mass is 9.78. The van der Waals surface area contributed by atoms with E-state index in [4.69, 9.17) is 4.74 Å². The number of ether oxygens (including phenoxy) is 1. The predicted octanol–water partition coefficient (Wildman–Crippen LogP) is 3.16. The molecule has 0 atom stereocenters. The number of aliphatic hydroxyl groups is 1. The summed E-state index contributed by atoms with van der Waals surface area (Å²) in [6, 6.07) is 9.54. The molecule has 0 bridgehead atoms. The van der Waals surface area contributed by atoms with Gasteiger partial charge >= 0.3 is 5.97 Å². The number of esters is 1. The van der Waals surface area contributed by atoms with Gasteiger partial charge in [0.25, 0.3) is 0 Å². The molecule has 0 saturated carbocycles. The standard InChI is InChI=1S/C16H24O3/c1-12(2)16(18,13(3)4)10-15(17)19-11-14-8-6-5-7-9-14/h5-9,12-13,18H,10-11H2,1-4H3. The first kappa shape index (κ1) is 15.7. The fraction of sp³-hybridized carbons (Fsp3) is 0.562. The Balaban J connectivity index is 2.55. The number of carbonyl (C=O) groups is 1. The lowest BCUT2D eigenvalue weighted by Crippen LogP contribution is -2.43. The van der Waals surface area contributed by atoms with Crippen LogP contribution in [0, 0.1) is 11.8 Å². The molecule has 0 aromatic heterocycles. The van der Waals surface area contributed by atoms with Crippen molar-refractivity contribution in [3.8, 4) is 0 Å².